The van der Waals surface area contributed by atoms with Crippen molar-refractivity contribution in [2.24, 2.45) is 5.92 Å². The van der Waals surface area contributed by atoms with Gasteiger partial charge in [-0.05, 0) is 31.2 Å². The molecular weight excluding hydrogens is 395 g/mol. The molecule has 1 atom stereocenters. The molecule has 0 radical (unpaired) electrons. The van der Waals surface area contributed by atoms with Gasteiger partial charge >= 0.3 is 6.18 Å². The fourth-order valence-corrected chi connectivity index (χ4v) is 3.83. The van der Waals surface area contributed by atoms with Crippen molar-refractivity contribution in [2.75, 3.05) is 25.5 Å². The average Bonchev–Trinajstić information content (AvgIpc) is 3.16. The lowest BCUT2D eigenvalue weighted by Crippen LogP contribution is -2.36. The summed E-state index contributed by atoms with van der Waals surface area (Å²) in [6.07, 6.45) is -4.72. The molecule has 1 saturated heterocycles. The summed E-state index contributed by atoms with van der Waals surface area (Å²) in [6.45, 7) is 0.268. The quantitative estimate of drug-likeness (QED) is 0.815. The lowest BCUT2D eigenvalue weighted by molar-refractivity contribution is -0.157. The van der Waals surface area contributed by atoms with Crippen molar-refractivity contribution in [3.63, 3.8) is 0 Å². The summed E-state index contributed by atoms with van der Waals surface area (Å²) in [5, 5.41) is 2.97. The van der Waals surface area contributed by atoms with E-state index in [0.717, 1.165) is 10.4 Å². The molecule has 1 N–H and O–H groups in total. The van der Waals surface area contributed by atoms with E-state index in [1.807, 2.05) is 19.1 Å². The summed E-state index contributed by atoms with van der Waals surface area (Å²) in [6, 6.07) is 7.28. The number of benzene rings is 1. The molecule has 3 rings (SSSR count). The molecule has 0 aliphatic carbocycles. The Hall–Kier alpha value is -2.62. The van der Waals surface area contributed by atoms with Gasteiger partial charge in [-0.3, -0.25) is 9.59 Å². The molecule has 1 aliphatic rings. The van der Waals surface area contributed by atoms with Crippen molar-refractivity contribution >= 4 is 28.3 Å². The second-order valence-electron chi connectivity index (χ2n) is 6.43. The van der Waals surface area contributed by atoms with Gasteiger partial charge < -0.3 is 15.0 Å². The highest BCUT2D eigenvalue weighted by molar-refractivity contribution is 7.16. The van der Waals surface area contributed by atoms with Crippen LogP contribution in [0.2, 0.25) is 0 Å². The lowest BCUT2D eigenvalue weighted by atomic mass is 10.1. The highest BCUT2D eigenvalue weighted by Crippen LogP contribution is 2.32. The summed E-state index contributed by atoms with van der Waals surface area (Å²) in [5.74, 6) is -1.30. The Labute approximate surface area is 163 Å². The highest BCUT2D eigenvalue weighted by Gasteiger charge is 2.40. The van der Waals surface area contributed by atoms with Crippen LogP contribution >= 0.6 is 11.3 Å². The van der Waals surface area contributed by atoms with Crippen molar-refractivity contribution in [1.82, 2.24) is 9.88 Å². The normalized spacial score (nSPS) is 17.1. The van der Waals surface area contributed by atoms with Crippen LogP contribution < -0.4 is 10.1 Å². The van der Waals surface area contributed by atoms with E-state index in [4.69, 9.17) is 4.74 Å². The van der Waals surface area contributed by atoms with Gasteiger partial charge in [-0.2, -0.15) is 13.2 Å². The Bertz CT molecular complexity index is 880. The fraction of sp³-hybridized carbons (Fsp3) is 0.389. The smallest absolute Gasteiger partial charge is 0.406 e. The van der Waals surface area contributed by atoms with E-state index in [2.05, 4.69) is 10.3 Å². The molecular formula is C18H18F3N3O3S. The molecule has 1 unspecified atom stereocenters. The van der Waals surface area contributed by atoms with Crippen LogP contribution in [0.5, 0.6) is 5.75 Å². The summed E-state index contributed by atoms with van der Waals surface area (Å²) < 4.78 is 42.6. The molecule has 2 heterocycles. The Kier molecular flexibility index (Phi) is 5.59. The third-order valence-corrected chi connectivity index (χ3v) is 5.23. The van der Waals surface area contributed by atoms with Crippen LogP contribution in [0.3, 0.4) is 0 Å². The van der Waals surface area contributed by atoms with Gasteiger partial charge in [-0.15, -0.1) is 11.3 Å². The Morgan fingerprint density at radius 1 is 1.36 bits per heavy atom. The number of nitrogens with one attached hydrogen (secondary N) is 1. The van der Waals surface area contributed by atoms with Gasteiger partial charge in [0.2, 0.25) is 11.8 Å². The first-order chi connectivity index (χ1) is 13.2. The van der Waals surface area contributed by atoms with Crippen molar-refractivity contribution in [3.05, 3.63) is 29.1 Å². The van der Waals surface area contributed by atoms with Gasteiger partial charge in [0.15, 0.2) is 5.13 Å². The molecule has 150 valence electrons. The predicted octanol–water partition coefficient (Wildman–Crippen LogP) is 3.48. The van der Waals surface area contributed by atoms with Crippen LogP contribution in [0.4, 0.5) is 18.3 Å². The number of rotatable bonds is 5. The number of likely N-dealkylation sites (tertiary alicyclic amines) is 1. The first-order valence-corrected chi connectivity index (χ1v) is 9.25. The Morgan fingerprint density at radius 2 is 2.04 bits per heavy atom. The van der Waals surface area contributed by atoms with Gasteiger partial charge in [-0.25, -0.2) is 4.98 Å². The van der Waals surface area contributed by atoms with Crippen LogP contribution in [-0.2, 0) is 9.59 Å². The van der Waals surface area contributed by atoms with Gasteiger partial charge in [0.25, 0.3) is 0 Å². The number of hydrogen-bond donors (Lipinski definition) is 1. The van der Waals surface area contributed by atoms with Crippen molar-refractivity contribution in [2.45, 2.75) is 19.5 Å². The number of halogens is 3. The number of nitrogens with zero attached hydrogens (tertiary/aromatic N) is 2. The molecule has 10 heteroatoms. The second-order valence-corrected chi connectivity index (χ2v) is 7.64. The Balaban J connectivity index is 1.67. The summed E-state index contributed by atoms with van der Waals surface area (Å²) in [5.41, 5.74) is 1.55. The number of methoxy groups -OCH3 is 1. The van der Waals surface area contributed by atoms with Crippen LogP contribution in [0.15, 0.2) is 24.3 Å². The van der Waals surface area contributed by atoms with E-state index in [1.165, 1.54) is 11.3 Å². The molecule has 2 aromatic rings. The van der Waals surface area contributed by atoms with Crippen LogP contribution in [-0.4, -0.2) is 48.1 Å². The van der Waals surface area contributed by atoms with E-state index < -0.39 is 30.5 Å². The number of carbonyl (C=O) groups is 2. The molecule has 1 aromatic heterocycles. The van der Waals surface area contributed by atoms with Crippen molar-refractivity contribution in [1.29, 1.82) is 0 Å². The van der Waals surface area contributed by atoms with Crippen LogP contribution in [0.1, 0.15) is 11.3 Å². The largest absolute Gasteiger partial charge is 0.497 e. The summed E-state index contributed by atoms with van der Waals surface area (Å²) in [7, 11) is 1.57. The fourth-order valence-electron chi connectivity index (χ4n) is 2.99. The SMILES string of the molecule is COc1ccc(-c2nc(NC(=O)C3CC(=O)N(CC(F)(F)F)C3)sc2C)cc1. The van der Waals surface area contributed by atoms with E-state index in [1.54, 1.807) is 19.2 Å². The minimum Gasteiger partial charge on any atom is -0.497 e. The minimum absolute atomic E-state index is 0.238. The maximum absolute atomic E-state index is 12.5. The van der Waals surface area contributed by atoms with Crippen molar-refractivity contribution < 1.29 is 27.5 Å². The maximum Gasteiger partial charge on any atom is 0.406 e. The standard InChI is InChI=1S/C18H18F3N3O3S/c1-10-15(11-3-5-13(27-2)6-4-11)22-17(28-10)23-16(26)12-7-14(25)24(8-12)9-18(19,20)21/h3-6,12H,7-9H2,1-2H3,(H,22,23,26). The lowest BCUT2D eigenvalue weighted by Gasteiger charge is -2.18. The number of amides is 2. The van der Waals surface area contributed by atoms with Gasteiger partial charge in [0.05, 0.1) is 18.7 Å². The zero-order chi connectivity index (χ0) is 20.5. The van der Waals surface area contributed by atoms with Crippen molar-refractivity contribution in [3.8, 4) is 17.0 Å². The second kappa shape index (κ2) is 7.78. The predicted molar refractivity (Wildman–Crippen MR) is 98.2 cm³/mol. The van der Waals surface area contributed by atoms with Gasteiger partial charge in [0.1, 0.15) is 12.3 Å². The molecule has 1 fully saturated rings. The summed E-state index contributed by atoms with van der Waals surface area (Å²) in [4.78, 5) is 30.1. The number of hydrogen-bond acceptors (Lipinski definition) is 5. The zero-order valence-electron chi connectivity index (χ0n) is 15.2. The van der Waals surface area contributed by atoms with E-state index >= 15 is 0 Å². The molecule has 2 amide bonds. The topological polar surface area (TPSA) is 71.5 Å². The molecule has 0 saturated carbocycles. The summed E-state index contributed by atoms with van der Waals surface area (Å²) >= 11 is 1.27. The number of aryl methyl sites for hydroxylation is 1. The van der Waals surface area contributed by atoms with Crippen LogP contribution in [0, 0.1) is 12.8 Å². The molecule has 0 spiro atoms. The number of thiazole rings is 1. The number of anilines is 1. The average molecular weight is 413 g/mol. The first-order valence-electron chi connectivity index (χ1n) is 8.43. The zero-order valence-corrected chi connectivity index (χ0v) is 16.0. The monoisotopic (exact) mass is 413 g/mol. The van der Waals surface area contributed by atoms with Gasteiger partial charge in [-0.1, -0.05) is 0 Å². The van der Waals surface area contributed by atoms with Crippen LogP contribution in [0.25, 0.3) is 11.3 Å². The minimum atomic E-state index is -4.49. The third kappa shape index (κ3) is 4.61. The molecule has 6 nitrogen and oxygen atoms in total. The Morgan fingerprint density at radius 3 is 2.64 bits per heavy atom. The van der Waals surface area contributed by atoms with E-state index in [-0.39, 0.29) is 13.0 Å². The number of alkyl halides is 3. The molecule has 28 heavy (non-hydrogen) atoms. The number of ether oxygens (including phenoxy) is 1. The molecule has 1 aromatic carbocycles. The first kappa shape index (κ1) is 20.1. The highest BCUT2D eigenvalue weighted by atomic mass is 32.1. The van der Waals surface area contributed by atoms with Gasteiger partial charge in [0, 0.05) is 23.4 Å². The molecule has 1 aliphatic heterocycles. The molecule has 0 bridgehead atoms. The van der Waals surface area contributed by atoms with E-state index in [9.17, 15) is 22.8 Å². The number of carbonyl (C=O) groups excluding carboxylic acids is 2. The number of aromatic nitrogens is 1. The third-order valence-electron chi connectivity index (χ3n) is 4.35. The maximum atomic E-state index is 12.5. The van der Waals surface area contributed by atoms with E-state index in [0.29, 0.717) is 21.5 Å².